The molecule has 5 heteroatoms. The van der Waals surface area contributed by atoms with Gasteiger partial charge < -0.3 is 5.32 Å². The number of thioether (sulfide) groups is 1. The highest BCUT2D eigenvalue weighted by atomic mass is 32.2. The summed E-state index contributed by atoms with van der Waals surface area (Å²) in [5, 5.41) is 2.74. The second-order valence-electron chi connectivity index (χ2n) is 2.75. The van der Waals surface area contributed by atoms with E-state index in [-0.39, 0.29) is 6.03 Å². The van der Waals surface area contributed by atoms with Crippen LogP contribution in [0, 0.1) is 5.92 Å². The number of amides is 2. The van der Waals surface area contributed by atoms with Crippen LogP contribution in [0.3, 0.4) is 0 Å². The number of urea groups is 1. The van der Waals surface area contributed by atoms with E-state index in [1.54, 1.807) is 0 Å². The molecule has 0 spiro atoms. The molecule has 1 fully saturated rings. The van der Waals surface area contributed by atoms with Crippen molar-refractivity contribution in [1.29, 1.82) is 0 Å². The van der Waals surface area contributed by atoms with Crippen LogP contribution in [0.4, 0.5) is 4.79 Å². The summed E-state index contributed by atoms with van der Waals surface area (Å²) in [6, 6.07) is -0.255. The number of nitrogens with one attached hydrogen (secondary N) is 2. The predicted molar refractivity (Wildman–Crippen MR) is 49.0 cm³/mol. The molecule has 4 nitrogen and oxygen atoms in total. The number of hydrogen-bond donors (Lipinski definition) is 2. The van der Waals surface area contributed by atoms with Crippen LogP contribution in [0.1, 0.15) is 6.42 Å². The lowest BCUT2D eigenvalue weighted by Crippen LogP contribution is -2.37. The summed E-state index contributed by atoms with van der Waals surface area (Å²) < 4.78 is 0. The molecule has 0 saturated carbocycles. The highest BCUT2D eigenvalue weighted by molar-refractivity contribution is 7.99. The first-order valence-corrected chi connectivity index (χ1v) is 5.13. The molecule has 0 aromatic carbocycles. The van der Waals surface area contributed by atoms with Crippen LogP contribution in [0.15, 0.2) is 0 Å². The van der Waals surface area contributed by atoms with Gasteiger partial charge in [-0.2, -0.15) is 11.8 Å². The van der Waals surface area contributed by atoms with Gasteiger partial charge in [-0.3, -0.25) is 4.84 Å². The number of hydroxylamine groups is 1. The van der Waals surface area contributed by atoms with Crippen molar-refractivity contribution in [2.45, 2.75) is 6.42 Å². The van der Waals surface area contributed by atoms with Crippen molar-refractivity contribution in [2.75, 3.05) is 25.2 Å². The monoisotopic (exact) mass is 190 g/mol. The molecule has 1 heterocycles. The summed E-state index contributed by atoms with van der Waals surface area (Å²) in [6.45, 7) is 0.752. The Morgan fingerprint density at radius 1 is 1.75 bits per heavy atom. The van der Waals surface area contributed by atoms with Crippen LogP contribution in [-0.2, 0) is 4.84 Å². The van der Waals surface area contributed by atoms with Crippen molar-refractivity contribution in [3.05, 3.63) is 0 Å². The molecule has 0 aromatic rings. The second-order valence-corrected chi connectivity index (χ2v) is 3.90. The minimum absolute atomic E-state index is 0.255. The molecule has 2 amide bonds. The molecular formula is C7H14N2O2S. The Hall–Kier alpha value is -0.420. The van der Waals surface area contributed by atoms with Crippen molar-refractivity contribution in [2.24, 2.45) is 5.92 Å². The van der Waals surface area contributed by atoms with Crippen LogP contribution in [0.5, 0.6) is 0 Å². The smallest absolute Gasteiger partial charge is 0.336 e. The number of hydrogen-bond acceptors (Lipinski definition) is 3. The molecule has 0 bridgehead atoms. The fourth-order valence-electron chi connectivity index (χ4n) is 1.11. The molecule has 1 unspecified atom stereocenters. The Balaban J connectivity index is 2.03. The first-order chi connectivity index (χ1) is 5.83. The first kappa shape index (κ1) is 9.67. The molecule has 0 radical (unpaired) electrons. The second kappa shape index (κ2) is 5.27. The van der Waals surface area contributed by atoms with E-state index >= 15 is 0 Å². The van der Waals surface area contributed by atoms with Gasteiger partial charge in [-0.1, -0.05) is 0 Å². The Labute approximate surface area is 76.4 Å². The zero-order valence-electron chi connectivity index (χ0n) is 7.13. The number of carbonyl (C=O) groups excluding carboxylic acids is 1. The quantitative estimate of drug-likeness (QED) is 0.641. The van der Waals surface area contributed by atoms with Gasteiger partial charge in [0, 0.05) is 6.54 Å². The first-order valence-electron chi connectivity index (χ1n) is 3.97. The molecule has 1 rings (SSSR count). The molecule has 0 aliphatic carbocycles. The lowest BCUT2D eigenvalue weighted by molar-refractivity contribution is 0.107. The molecule has 0 aromatic heterocycles. The maximum Gasteiger partial charge on any atom is 0.338 e. The third-order valence-electron chi connectivity index (χ3n) is 1.77. The minimum Gasteiger partial charge on any atom is -0.336 e. The van der Waals surface area contributed by atoms with Crippen molar-refractivity contribution in [1.82, 2.24) is 10.8 Å². The third kappa shape index (κ3) is 3.32. The summed E-state index contributed by atoms with van der Waals surface area (Å²) in [5.41, 5.74) is 2.21. The van der Waals surface area contributed by atoms with Crippen LogP contribution >= 0.6 is 11.8 Å². The summed E-state index contributed by atoms with van der Waals surface area (Å²) >= 11 is 1.94. The van der Waals surface area contributed by atoms with E-state index in [2.05, 4.69) is 15.6 Å². The van der Waals surface area contributed by atoms with Gasteiger partial charge >= 0.3 is 6.03 Å². The van der Waals surface area contributed by atoms with Gasteiger partial charge in [0.05, 0.1) is 7.11 Å². The van der Waals surface area contributed by atoms with E-state index in [9.17, 15) is 4.79 Å². The van der Waals surface area contributed by atoms with Crippen molar-refractivity contribution >= 4 is 17.8 Å². The zero-order chi connectivity index (χ0) is 8.81. The molecular weight excluding hydrogens is 176 g/mol. The van der Waals surface area contributed by atoms with E-state index in [0.29, 0.717) is 5.92 Å². The molecule has 1 atom stereocenters. The summed E-state index contributed by atoms with van der Waals surface area (Å²) in [5.74, 6) is 3.02. The van der Waals surface area contributed by atoms with Crippen LogP contribution in [0.2, 0.25) is 0 Å². The number of rotatable bonds is 3. The van der Waals surface area contributed by atoms with Gasteiger partial charge in [-0.05, 0) is 23.8 Å². The highest BCUT2D eigenvalue weighted by Crippen LogP contribution is 2.22. The maximum absolute atomic E-state index is 10.8. The van der Waals surface area contributed by atoms with Gasteiger partial charge in [0.15, 0.2) is 0 Å². The largest absolute Gasteiger partial charge is 0.338 e. The topological polar surface area (TPSA) is 50.4 Å². The van der Waals surface area contributed by atoms with E-state index in [1.165, 1.54) is 19.3 Å². The van der Waals surface area contributed by atoms with Gasteiger partial charge in [-0.15, -0.1) is 0 Å². The van der Waals surface area contributed by atoms with Crippen molar-refractivity contribution < 1.29 is 9.63 Å². The molecule has 1 aliphatic rings. The van der Waals surface area contributed by atoms with Crippen LogP contribution < -0.4 is 10.8 Å². The maximum atomic E-state index is 10.8. The molecule has 1 saturated heterocycles. The summed E-state index contributed by atoms with van der Waals surface area (Å²) in [7, 11) is 1.42. The van der Waals surface area contributed by atoms with E-state index in [1.807, 2.05) is 11.8 Å². The fraction of sp³-hybridized carbons (Fsp3) is 0.857. The summed E-state index contributed by atoms with van der Waals surface area (Å²) in [4.78, 5) is 15.3. The average molecular weight is 190 g/mol. The lowest BCUT2D eigenvalue weighted by Gasteiger charge is -2.09. The van der Waals surface area contributed by atoms with E-state index < -0.39 is 0 Å². The Morgan fingerprint density at radius 2 is 2.58 bits per heavy atom. The number of carbonyl (C=O) groups is 1. The highest BCUT2D eigenvalue weighted by Gasteiger charge is 2.15. The van der Waals surface area contributed by atoms with E-state index in [4.69, 9.17) is 0 Å². The van der Waals surface area contributed by atoms with Crippen LogP contribution in [-0.4, -0.2) is 31.2 Å². The average Bonchev–Trinajstić information content (AvgIpc) is 2.53. The fourth-order valence-corrected chi connectivity index (χ4v) is 2.39. The molecule has 2 N–H and O–H groups in total. The van der Waals surface area contributed by atoms with Gasteiger partial charge in [0.25, 0.3) is 0 Å². The standard InChI is InChI=1S/C7H14N2O2S/c1-11-9-7(10)8-4-6-2-3-12-5-6/h6H,2-5H2,1H3,(H2,8,9,10). The van der Waals surface area contributed by atoms with Crippen molar-refractivity contribution in [3.8, 4) is 0 Å². The normalized spacial score (nSPS) is 22.2. The Kier molecular flexibility index (Phi) is 4.24. The van der Waals surface area contributed by atoms with E-state index in [0.717, 1.165) is 12.3 Å². The third-order valence-corrected chi connectivity index (χ3v) is 3.00. The SMILES string of the molecule is CONC(=O)NCC1CCSC1. The predicted octanol–water partition coefficient (Wildman–Crippen LogP) is 0.600. The Bertz CT molecular complexity index is 148. The Morgan fingerprint density at radius 3 is 3.17 bits per heavy atom. The minimum atomic E-state index is -0.255. The molecule has 1 aliphatic heterocycles. The molecule has 12 heavy (non-hydrogen) atoms. The van der Waals surface area contributed by atoms with Crippen LogP contribution in [0.25, 0.3) is 0 Å². The van der Waals surface area contributed by atoms with Gasteiger partial charge in [0.2, 0.25) is 0 Å². The summed E-state index contributed by atoms with van der Waals surface area (Å²) in [6.07, 6.45) is 1.21. The zero-order valence-corrected chi connectivity index (χ0v) is 7.95. The lowest BCUT2D eigenvalue weighted by atomic mass is 10.1. The van der Waals surface area contributed by atoms with Crippen molar-refractivity contribution in [3.63, 3.8) is 0 Å². The van der Waals surface area contributed by atoms with Gasteiger partial charge in [0.1, 0.15) is 0 Å². The van der Waals surface area contributed by atoms with Gasteiger partial charge in [-0.25, -0.2) is 10.3 Å². The molecule has 70 valence electrons.